The fourth-order valence-corrected chi connectivity index (χ4v) is 3.31. The van der Waals surface area contributed by atoms with Crippen molar-refractivity contribution in [3.8, 4) is 0 Å². The maximum absolute atomic E-state index is 4.77. The number of aliphatic imine (C=N–C) groups is 1. The number of nitrogens with one attached hydrogen (secondary N) is 2. The number of hydrogen-bond acceptors (Lipinski definition) is 3. The van der Waals surface area contributed by atoms with E-state index < -0.39 is 0 Å². The quantitative estimate of drug-likeness (QED) is 0.413. The average Bonchev–Trinajstić information content (AvgIpc) is 3.39. The van der Waals surface area contributed by atoms with E-state index in [1.165, 1.54) is 24.0 Å². The van der Waals surface area contributed by atoms with Crippen LogP contribution in [0.5, 0.6) is 0 Å². The molecule has 1 unspecified atom stereocenters. The fraction of sp³-hybridized carbons (Fsp3) is 0.526. The second-order valence-electron chi connectivity index (χ2n) is 7.16. The van der Waals surface area contributed by atoms with Gasteiger partial charge in [0.25, 0.3) is 0 Å². The number of halogens is 1. The first-order chi connectivity index (χ1) is 12.2. The predicted octanol–water partition coefficient (Wildman–Crippen LogP) is 2.50. The Bertz CT molecular complexity index is 780. The van der Waals surface area contributed by atoms with Crippen molar-refractivity contribution < 1.29 is 0 Å². The molecule has 1 atom stereocenters. The van der Waals surface area contributed by atoms with E-state index in [9.17, 15) is 0 Å². The Balaban J connectivity index is 0.00000196. The number of guanidine groups is 1. The minimum Gasteiger partial charge on any atom is -0.354 e. The van der Waals surface area contributed by atoms with Crippen molar-refractivity contribution in [3.63, 3.8) is 0 Å². The summed E-state index contributed by atoms with van der Waals surface area (Å²) >= 11 is 0. The lowest BCUT2D eigenvalue weighted by Gasteiger charge is -2.27. The Morgan fingerprint density at radius 2 is 1.85 bits per heavy atom. The standard InChI is InChI=1S/C19H26N6.HI/c1-13-23-24-18(25(13)2)12-20-19(21-16-9-10-16)22-17-8-7-14-5-3-4-6-15(14)11-17;/h3-6,16-17H,7-12H2,1-2H3,(H2,20,21,22);1H. The van der Waals surface area contributed by atoms with Crippen LogP contribution < -0.4 is 10.6 Å². The zero-order valence-corrected chi connectivity index (χ0v) is 17.7. The van der Waals surface area contributed by atoms with Gasteiger partial charge in [-0.25, -0.2) is 4.99 Å². The summed E-state index contributed by atoms with van der Waals surface area (Å²) in [6, 6.07) is 9.77. The van der Waals surface area contributed by atoms with E-state index in [1.807, 2.05) is 18.5 Å². The van der Waals surface area contributed by atoms with Crippen molar-refractivity contribution in [2.75, 3.05) is 0 Å². The first-order valence-corrected chi connectivity index (χ1v) is 9.18. The highest BCUT2D eigenvalue weighted by atomic mass is 127. The summed E-state index contributed by atoms with van der Waals surface area (Å²) in [6.45, 7) is 2.50. The molecule has 26 heavy (non-hydrogen) atoms. The molecular weight excluding hydrogens is 439 g/mol. The van der Waals surface area contributed by atoms with Gasteiger partial charge in [-0.2, -0.15) is 0 Å². The van der Waals surface area contributed by atoms with E-state index >= 15 is 0 Å². The van der Waals surface area contributed by atoms with Crippen LogP contribution in [0.2, 0.25) is 0 Å². The SMILES string of the molecule is Cc1nnc(CN=C(NC2CC2)NC2CCc3ccccc3C2)n1C.I. The number of aromatic nitrogens is 3. The van der Waals surface area contributed by atoms with E-state index in [2.05, 4.69) is 45.1 Å². The normalized spacial score (nSPS) is 19.5. The molecule has 1 aromatic heterocycles. The number of nitrogens with zero attached hydrogens (tertiary/aromatic N) is 4. The molecule has 2 N–H and O–H groups in total. The van der Waals surface area contributed by atoms with Gasteiger partial charge in [0.15, 0.2) is 11.8 Å². The van der Waals surface area contributed by atoms with E-state index in [0.717, 1.165) is 36.9 Å². The molecular formula is C19H27IN6. The molecule has 0 radical (unpaired) electrons. The first-order valence-electron chi connectivity index (χ1n) is 9.18. The number of benzene rings is 1. The second-order valence-corrected chi connectivity index (χ2v) is 7.16. The third-order valence-corrected chi connectivity index (χ3v) is 5.17. The van der Waals surface area contributed by atoms with Gasteiger partial charge in [-0.3, -0.25) is 0 Å². The second kappa shape index (κ2) is 8.37. The monoisotopic (exact) mass is 466 g/mol. The summed E-state index contributed by atoms with van der Waals surface area (Å²) in [7, 11) is 1.99. The van der Waals surface area contributed by atoms with Gasteiger partial charge in [0.2, 0.25) is 0 Å². The average molecular weight is 466 g/mol. The van der Waals surface area contributed by atoms with Crippen molar-refractivity contribution in [3.05, 3.63) is 47.0 Å². The van der Waals surface area contributed by atoms with Crippen LogP contribution in [0, 0.1) is 6.92 Å². The van der Waals surface area contributed by atoms with Crippen LogP contribution in [0.15, 0.2) is 29.3 Å². The smallest absolute Gasteiger partial charge is 0.192 e. The van der Waals surface area contributed by atoms with Crippen LogP contribution >= 0.6 is 24.0 Å². The van der Waals surface area contributed by atoms with Gasteiger partial charge < -0.3 is 15.2 Å². The molecule has 1 saturated carbocycles. The zero-order chi connectivity index (χ0) is 17.2. The van der Waals surface area contributed by atoms with Crippen LogP contribution in [-0.2, 0) is 26.4 Å². The first kappa shape index (κ1) is 19.1. The van der Waals surface area contributed by atoms with Gasteiger partial charge in [0.1, 0.15) is 12.4 Å². The summed E-state index contributed by atoms with van der Waals surface area (Å²) in [4.78, 5) is 4.77. The molecule has 1 aromatic carbocycles. The van der Waals surface area contributed by atoms with Gasteiger partial charge >= 0.3 is 0 Å². The predicted molar refractivity (Wildman–Crippen MR) is 114 cm³/mol. The summed E-state index contributed by atoms with van der Waals surface area (Å²) in [5.41, 5.74) is 2.95. The Labute approximate surface area is 171 Å². The number of rotatable bonds is 4. The Morgan fingerprint density at radius 1 is 1.12 bits per heavy atom. The third kappa shape index (κ3) is 4.55. The highest BCUT2D eigenvalue weighted by Gasteiger charge is 2.25. The van der Waals surface area contributed by atoms with E-state index in [1.54, 1.807) is 0 Å². The van der Waals surface area contributed by atoms with Crippen molar-refractivity contribution >= 4 is 29.9 Å². The van der Waals surface area contributed by atoms with Crippen molar-refractivity contribution in [2.45, 2.75) is 57.7 Å². The minimum absolute atomic E-state index is 0. The van der Waals surface area contributed by atoms with E-state index in [-0.39, 0.29) is 24.0 Å². The van der Waals surface area contributed by atoms with E-state index in [0.29, 0.717) is 18.6 Å². The Hall–Kier alpha value is -1.64. The molecule has 0 aliphatic heterocycles. The van der Waals surface area contributed by atoms with Gasteiger partial charge in [0, 0.05) is 19.1 Å². The molecule has 2 aliphatic rings. The van der Waals surface area contributed by atoms with Gasteiger partial charge in [-0.15, -0.1) is 34.2 Å². The summed E-state index contributed by atoms with van der Waals surface area (Å²) in [5, 5.41) is 15.5. The highest BCUT2D eigenvalue weighted by Crippen LogP contribution is 2.22. The maximum atomic E-state index is 4.77. The van der Waals surface area contributed by atoms with Gasteiger partial charge in [-0.1, -0.05) is 24.3 Å². The summed E-state index contributed by atoms with van der Waals surface area (Å²) < 4.78 is 2.00. The van der Waals surface area contributed by atoms with Crippen molar-refractivity contribution in [1.29, 1.82) is 0 Å². The third-order valence-electron chi connectivity index (χ3n) is 5.17. The van der Waals surface area contributed by atoms with Crippen LogP contribution in [0.25, 0.3) is 0 Å². The van der Waals surface area contributed by atoms with Crippen molar-refractivity contribution in [1.82, 2.24) is 25.4 Å². The van der Waals surface area contributed by atoms with Gasteiger partial charge in [0.05, 0.1) is 0 Å². The molecule has 1 fully saturated rings. The van der Waals surface area contributed by atoms with Crippen LogP contribution in [0.1, 0.15) is 42.0 Å². The van der Waals surface area contributed by atoms with E-state index in [4.69, 9.17) is 4.99 Å². The molecule has 4 rings (SSSR count). The molecule has 0 saturated heterocycles. The molecule has 140 valence electrons. The highest BCUT2D eigenvalue weighted by molar-refractivity contribution is 14.0. The molecule has 1 heterocycles. The Kier molecular flexibility index (Phi) is 6.16. The molecule has 7 heteroatoms. The number of hydrogen-bond donors (Lipinski definition) is 2. The molecule has 0 spiro atoms. The fourth-order valence-electron chi connectivity index (χ4n) is 3.31. The van der Waals surface area contributed by atoms with Crippen molar-refractivity contribution in [2.24, 2.45) is 12.0 Å². The van der Waals surface area contributed by atoms with Gasteiger partial charge in [-0.05, 0) is 50.2 Å². The number of aryl methyl sites for hydroxylation is 2. The molecule has 0 amide bonds. The lowest BCUT2D eigenvalue weighted by Crippen LogP contribution is -2.46. The largest absolute Gasteiger partial charge is 0.354 e. The lowest BCUT2D eigenvalue weighted by molar-refractivity contribution is 0.519. The summed E-state index contributed by atoms with van der Waals surface area (Å²) in [5.74, 6) is 2.72. The number of fused-ring (bicyclic) bond motifs is 1. The summed E-state index contributed by atoms with van der Waals surface area (Å²) in [6.07, 6.45) is 5.80. The van der Waals surface area contributed by atoms with Crippen LogP contribution in [0.3, 0.4) is 0 Å². The topological polar surface area (TPSA) is 67.1 Å². The Morgan fingerprint density at radius 3 is 2.54 bits per heavy atom. The minimum atomic E-state index is 0. The maximum Gasteiger partial charge on any atom is 0.192 e. The van der Waals surface area contributed by atoms with Crippen LogP contribution in [-0.4, -0.2) is 32.8 Å². The zero-order valence-electron chi connectivity index (χ0n) is 15.4. The molecule has 2 aliphatic carbocycles. The molecule has 6 nitrogen and oxygen atoms in total. The molecule has 2 aromatic rings. The van der Waals surface area contributed by atoms with Crippen LogP contribution in [0.4, 0.5) is 0 Å². The molecule has 0 bridgehead atoms. The lowest BCUT2D eigenvalue weighted by atomic mass is 9.88.